The van der Waals surface area contributed by atoms with E-state index in [9.17, 15) is 4.79 Å². The van der Waals surface area contributed by atoms with Crippen molar-refractivity contribution in [1.29, 1.82) is 0 Å². The van der Waals surface area contributed by atoms with Crippen molar-refractivity contribution >= 4 is 14.0 Å². The Labute approximate surface area is 134 Å². The summed E-state index contributed by atoms with van der Waals surface area (Å²) in [5.41, 5.74) is 2.22. The van der Waals surface area contributed by atoms with Crippen LogP contribution in [0.2, 0.25) is 25.2 Å². The highest BCUT2D eigenvalue weighted by atomic mass is 28.3. The van der Waals surface area contributed by atoms with Crippen molar-refractivity contribution in [3.05, 3.63) is 71.8 Å². The molecule has 3 heteroatoms. The van der Waals surface area contributed by atoms with Gasteiger partial charge in [0.25, 0.3) is 0 Å². The van der Waals surface area contributed by atoms with E-state index in [1.54, 1.807) is 0 Å². The van der Waals surface area contributed by atoms with E-state index in [2.05, 4.69) is 31.8 Å². The van der Waals surface area contributed by atoms with Crippen LogP contribution in [0.3, 0.4) is 0 Å². The van der Waals surface area contributed by atoms with E-state index in [1.165, 1.54) is 5.56 Å². The average Bonchev–Trinajstić information content (AvgIpc) is 2.51. The molecule has 0 spiro atoms. The smallest absolute Gasteiger partial charge is 0.306 e. The maximum absolute atomic E-state index is 12.6. The van der Waals surface area contributed by atoms with Crippen LogP contribution in [0.4, 0.5) is 0 Å². The van der Waals surface area contributed by atoms with Gasteiger partial charge < -0.3 is 4.74 Å². The van der Waals surface area contributed by atoms with Crippen LogP contribution in [0.25, 0.3) is 0 Å². The molecule has 2 aromatic rings. The SMILES string of the molecule is C[Si](C)(C)[C@H](Cc1ccccc1)C(=O)OCc1ccccc1. The number of carbonyl (C=O) groups is 1. The molecule has 2 nitrogen and oxygen atoms in total. The zero-order valence-electron chi connectivity index (χ0n) is 13.6. The Hall–Kier alpha value is -1.87. The molecule has 0 aliphatic heterocycles. The van der Waals surface area contributed by atoms with Crippen LogP contribution in [-0.2, 0) is 22.6 Å². The van der Waals surface area contributed by atoms with Crippen molar-refractivity contribution in [3.63, 3.8) is 0 Å². The molecule has 0 heterocycles. The summed E-state index contributed by atoms with van der Waals surface area (Å²) in [6, 6.07) is 20.0. The highest BCUT2D eigenvalue weighted by molar-refractivity contribution is 6.80. The third-order valence-corrected chi connectivity index (χ3v) is 6.37. The van der Waals surface area contributed by atoms with E-state index in [4.69, 9.17) is 4.74 Å². The second-order valence-electron chi connectivity index (χ2n) is 6.70. The molecule has 0 aliphatic carbocycles. The van der Waals surface area contributed by atoms with Gasteiger partial charge in [-0.1, -0.05) is 80.3 Å². The second-order valence-corrected chi connectivity index (χ2v) is 12.1. The minimum atomic E-state index is -1.65. The first-order valence-electron chi connectivity index (χ1n) is 7.71. The molecule has 0 aliphatic rings. The van der Waals surface area contributed by atoms with Crippen LogP contribution < -0.4 is 0 Å². The van der Waals surface area contributed by atoms with Crippen molar-refractivity contribution in [2.45, 2.75) is 38.2 Å². The monoisotopic (exact) mass is 312 g/mol. The number of carbonyl (C=O) groups excluding carboxylic acids is 1. The Balaban J connectivity index is 2.04. The Morgan fingerprint density at radius 1 is 0.909 bits per heavy atom. The van der Waals surface area contributed by atoms with Gasteiger partial charge in [-0.25, -0.2) is 0 Å². The summed E-state index contributed by atoms with van der Waals surface area (Å²) in [6.45, 7) is 7.04. The van der Waals surface area contributed by atoms with Gasteiger partial charge in [-0.05, 0) is 17.5 Å². The lowest BCUT2D eigenvalue weighted by molar-refractivity contribution is -0.145. The van der Waals surface area contributed by atoms with Crippen molar-refractivity contribution < 1.29 is 9.53 Å². The molecule has 0 unspecified atom stereocenters. The summed E-state index contributed by atoms with van der Waals surface area (Å²) in [5, 5.41) is 0. The first kappa shape index (κ1) is 16.5. The van der Waals surface area contributed by atoms with Gasteiger partial charge in [0.2, 0.25) is 0 Å². The van der Waals surface area contributed by atoms with Crippen LogP contribution >= 0.6 is 0 Å². The topological polar surface area (TPSA) is 26.3 Å². The van der Waals surface area contributed by atoms with E-state index < -0.39 is 8.07 Å². The Morgan fingerprint density at radius 2 is 1.41 bits per heavy atom. The number of ether oxygens (including phenoxy) is 1. The molecular formula is C19H24O2Si. The van der Waals surface area contributed by atoms with Gasteiger partial charge >= 0.3 is 5.97 Å². The molecule has 0 saturated carbocycles. The average molecular weight is 312 g/mol. The Morgan fingerprint density at radius 3 is 1.91 bits per heavy atom. The fourth-order valence-electron chi connectivity index (χ4n) is 2.42. The summed E-state index contributed by atoms with van der Waals surface area (Å²) in [7, 11) is -1.65. The van der Waals surface area contributed by atoms with Crippen molar-refractivity contribution in [1.82, 2.24) is 0 Å². The summed E-state index contributed by atoms with van der Waals surface area (Å²) < 4.78 is 5.58. The zero-order valence-corrected chi connectivity index (χ0v) is 14.6. The third kappa shape index (κ3) is 4.85. The Bertz CT molecular complexity index is 588. The number of benzene rings is 2. The first-order valence-corrected chi connectivity index (χ1v) is 11.3. The number of esters is 1. The molecule has 0 N–H and O–H groups in total. The number of hydrogen-bond acceptors (Lipinski definition) is 2. The minimum Gasteiger partial charge on any atom is -0.461 e. The zero-order chi connectivity index (χ0) is 16.0. The predicted molar refractivity (Wildman–Crippen MR) is 93.5 cm³/mol. The fourth-order valence-corrected chi connectivity index (χ4v) is 4.06. The van der Waals surface area contributed by atoms with Gasteiger partial charge in [-0.2, -0.15) is 0 Å². The minimum absolute atomic E-state index is 0.0152. The van der Waals surface area contributed by atoms with Gasteiger partial charge in [-0.3, -0.25) is 4.79 Å². The largest absolute Gasteiger partial charge is 0.461 e. The van der Waals surface area contributed by atoms with Gasteiger partial charge in [0.15, 0.2) is 0 Å². The highest BCUT2D eigenvalue weighted by Crippen LogP contribution is 2.28. The van der Waals surface area contributed by atoms with Gasteiger partial charge in [-0.15, -0.1) is 0 Å². The molecule has 2 rings (SSSR count). The predicted octanol–water partition coefficient (Wildman–Crippen LogP) is 4.68. The lowest BCUT2D eigenvalue weighted by Gasteiger charge is -2.27. The second kappa shape index (κ2) is 7.41. The van der Waals surface area contributed by atoms with Crippen molar-refractivity contribution in [2.75, 3.05) is 0 Å². The third-order valence-electron chi connectivity index (χ3n) is 3.84. The van der Waals surface area contributed by atoms with Crippen LogP contribution in [0.15, 0.2) is 60.7 Å². The van der Waals surface area contributed by atoms with Crippen LogP contribution in [0.5, 0.6) is 0 Å². The summed E-state index contributed by atoms with van der Waals surface area (Å²) >= 11 is 0. The van der Waals surface area contributed by atoms with E-state index in [0.29, 0.717) is 6.61 Å². The molecule has 1 atom stereocenters. The molecule has 116 valence electrons. The molecule has 0 aromatic heterocycles. The maximum atomic E-state index is 12.6. The van der Waals surface area contributed by atoms with Crippen LogP contribution in [-0.4, -0.2) is 14.0 Å². The molecule has 0 saturated heterocycles. The summed E-state index contributed by atoms with van der Waals surface area (Å²) in [6.07, 6.45) is 0.768. The number of rotatable bonds is 6. The molecule has 0 fully saturated rings. The van der Waals surface area contributed by atoms with E-state index >= 15 is 0 Å². The summed E-state index contributed by atoms with van der Waals surface area (Å²) in [4.78, 5) is 12.6. The Kier molecular flexibility index (Phi) is 5.55. The standard InChI is InChI=1S/C19H24O2Si/c1-22(2,3)18(14-16-10-6-4-7-11-16)19(20)21-15-17-12-8-5-9-13-17/h4-13,18H,14-15H2,1-3H3/t18-/m1/s1. The van der Waals surface area contributed by atoms with E-state index in [0.717, 1.165) is 12.0 Å². The quantitative estimate of drug-likeness (QED) is 0.572. The van der Waals surface area contributed by atoms with Crippen molar-refractivity contribution in [3.8, 4) is 0 Å². The maximum Gasteiger partial charge on any atom is 0.306 e. The lowest BCUT2D eigenvalue weighted by atomic mass is 10.1. The summed E-state index contributed by atoms with van der Waals surface area (Å²) in [5.74, 6) is -0.0631. The van der Waals surface area contributed by atoms with Crippen LogP contribution in [0.1, 0.15) is 11.1 Å². The fraction of sp³-hybridized carbons (Fsp3) is 0.316. The molecule has 22 heavy (non-hydrogen) atoms. The molecule has 2 aromatic carbocycles. The highest BCUT2D eigenvalue weighted by Gasteiger charge is 2.34. The normalized spacial score (nSPS) is 12.7. The number of hydrogen-bond donors (Lipinski definition) is 0. The van der Waals surface area contributed by atoms with Crippen LogP contribution in [0, 0.1) is 0 Å². The van der Waals surface area contributed by atoms with Gasteiger partial charge in [0.05, 0.1) is 13.6 Å². The van der Waals surface area contributed by atoms with Crippen molar-refractivity contribution in [2.24, 2.45) is 0 Å². The first-order chi connectivity index (χ1) is 10.5. The van der Waals surface area contributed by atoms with Gasteiger partial charge in [0.1, 0.15) is 6.61 Å². The molecular weight excluding hydrogens is 288 g/mol. The molecule has 0 bridgehead atoms. The molecule has 0 radical (unpaired) electrons. The van der Waals surface area contributed by atoms with Gasteiger partial charge in [0, 0.05) is 0 Å². The van der Waals surface area contributed by atoms with E-state index in [1.807, 2.05) is 48.5 Å². The molecule has 0 amide bonds. The lowest BCUT2D eigenvalue weighted by Crippen LogP contribution is -2.36. The van der Waals surface area contributed by atoms with E-state index in [-0.39, 0.29) is 11.5 Å².